The highest BCUT2D eigenvalue weighted by molar-refractivity contribution is 5.82. The van der Waals surface area contributed by atoms with E-state index in [2.05, 4.69) is 35.4 Å². The van der Waals surface area contributed by atoms with E-state index in [1.807, 2.05) is 18.2 Å². The van der Waals surface area contributed by atoms with Gasteiger partial charge in [0.05, 0.1) is 6.61 Å². The van der Waals surface area contributed by atoms with Gasteiger partial charge in [-0.1, -0.05) is 36.4 Å². The summed E-state index contributed by atoms with van der Waals surface area (Å²) in [6, 6.07) is 14.4. The molecule has 0 aromatic heterocycles. The van der Waals surface area contributed by atoms with Crippen LogP contribution in [0.25, 0.3) is 10.8 Å². The van der Waals surface area contributed by atoms with Gasteiger partial charge in [0.25, 0.3) is 0 Å². The second-order valence-electron chi connectivity index (χ2n) is 3.22. The third kappa shape index (κ3) is 2.51. The normalized spacial score (nSPS) is 10.7. The average molecular weight is 203 g/mol. The minimum Gasteiger partial charge on any atom is -0.281 e. The van der Waals surface area contributed by atoms with Crippen LogP contribution in [0.3, 0.4) is 0 Å². The molecule has 0 heterocycles. The van der Waals surface area contributed by atoms with E-state index in [0.29, 0.717) is 6.61 Å². The highest BCUT2D eigenvalue weighted by atomic mass is 16.7. The number of nitrogens with one attached hydrogen (secondary N) is 2. The SMILES string of the molecule is NNNOCc1ccc2ccccc2c1. The highest BCUT2D eigenvalue weighted by Gasteiger charge is 1.95. The van der Waals surface area contributed by atoms with E-state index in [9.17, 15) is 0 Å². The van der Waals surface area contributed by atoms with Crippen LogP contribution in [-0.4, -0.2) is 0 Å². The molecular weight excluding hydrogens is 190 g/mol. The number of nitrogens with two attached hydrogens (primary N) is 1. The average Bonchev–Trinajstić information content (AvgIpc) is 2.29. The van der Waals surface area contributed by atoms with Gasteiger partial charge in [-0.15, -0.1) is 5.59 Å². The van der Waals surface area contributed by atoms with Crippen molar-refractivity contribution in [1.29, 1.82) is 0 Å². The molecule has 0 unspecified atom stereocenters. The van der Waals surface area contributed by atoms with Crippen molar-refractivity contribution in [1.82, 2.24) is 11.1 Å². The van der Waals surface area contributed by atoms with Crippen LogP contribution >= 0.6 is 0 Å². The Labute approximate surface area is 87.9 Å². The minimum atomic E-state index is 0.467. The van der Waals surface area contributed by atoms with E-state index in [0.717, 1.165) is 5.56 Å². The first-order valence-electron chi connectivity index (χ1n) is 4.70. The van der Waals surface area contributed by atoms with Crippen molar-refractivity contribution in [2.24, 2.45) is 5.84 Å². The van der Waals surface area contributed by atoms with E-state index in [4.69, 9.17) is 10.7 Å². The molecule has 0 aliphatic carbocycles. The van der Waals surface area contributed by atoms with Crippen LogP contribution in [0.15, 0.2) is 42.5 Å². The smallest absolute Gasteiger partial charge is 0.0950 e. The van der Waals surface area contributed by atoms with Crippen LogP contribution in [-0.2, 0) is 11.4 Å². The molecule has 2 aromatic rings. The minimum absolute atomic E-state index is 0.467. The molecule has 0 radical (unpaired) electrons. The molecule has 4 heteroatoms. The number of fused-ring (bicyclic) bond motifs is 1. The van der Waals surface area contributed by atoms with Crippen molar-refractivity contribution in [2.75, 3.05) is 0 Å². The van der Waals surface area contributed by atoms with Gasteiger partial charge < -0.3 is 0 Å². The van der Waals surface area contributed by atoms with Crippen LogP contribution in [0.4, 0.5) is 0 Å². The molecule has 0 aliphatic rings. The maximum Gasteiger partial charge on any atom is 0.0950 e. The second kappa shape index (κ2) is 4.86. The Morgan fingerprint density at radius 3 is 2.67 bits per heavy atom. The zero-order valence-corrected chi connectivity index (χ0v) is 8.23. The van der Waals surface area contributed by atoms with Gasteiger partial charge in [0, 0.05) is 0 Å². The largest absolute Gasteiger partial charge is 0.281 e. The van der Waals surface area contributed by atoms with Gasteiger partial charge in [-0.25, -0.2) is 0 Å². The molecule has 2 aromatic carbocycles. The Morgan fingerprint density at radius 1 is 1.07 bits per heavy atom. The van der Waals surface area contributed by atoms with Crippen LogP contribution in [0.2, 0.25) is 0 Å². The second-order valence-corrected chi connectivity index (χ2v) is 3.22. The topological polar surface area (TPSA) is 59.3 Å². The third-order valence-electron chi connectivity index (χ3n) is 2.18. The maximum absolute atomic E-state index is 5.03. The molecule has 0 amide bonds. The van der Waals surface area contributed by atoms with E-state index in [1.54, 1.807) is 0 Å². The molecule has 0 fully saturated rings. The first-order valence-corrected chi connectivity index (χ1v) is 4.70. The van der Waals surface area contributed by atoms with Gasteiger partial charge in [0.1, 0.15) is 0 Å². The monoisotopic (exact) mass is 203 g/mol. The van der Waals surface area contributed by atoms with Crippen molar-refractivity contribution in [3.63, 3.8) is 0 Å². The summed E-state index contributed by atoms with van der Waals surface area (Å²) in [5.41, 5.74) is 5.67. The lowest BCUT2D eigenvalue weighted by molar-refractivity contribution is -0.00157. The lowest BCUT2D eigenvalue weighted by Crippen LogP contribution is -2.37. The summed E-state index contributed by atoms with van der Waals surface area (Å²) in [4.78, 5) is 5.03. The number of hydrogen-bond acceptors (Lipinski definition) is 4. The van der Waals surface area contributed by atoms with E-state index < -0.39 is 0 Å². The molecule has 15 heavy (non-hydrogen) atoms. The van der Waals surface area contributed by atoms with E-state index in [-0.39, 0.29) is 0 Å². The van der Waals surface area contributed by atoms with Gasteiger partial charge in [-0.05, 0) is 22.4 Å². The van der Waals surface area contributed by atoms with Crippen molar-refractivity contribution in [2.45, 2.75) is 6.61 Å². The fourth-order valence-electron chi connectivity index (χ4n) is 1.49. The van der Waals surface area contributed by atoms with Gasteiger partial charge >= 0.3 is 0 Å². The van der Waals surface area contributed by atoms with Crippen LogP contribution < -0.4 is 17.0 Å². The lowest BCUT2D eigenvalue weighted by Gasteiger charge is -2.05. The Hall–Kier alpha value is -1.46. The Morgan fingerprint density at radius 2 is 1.87 bits per heavy atom. The predicted octanol–water partition coefficient (Wildman–Crippen LogP) is 1.24. The lowest BCUT2D eigenvalue weighted by atomic mass is 10.1. The molecule has 0 atom stereocenters. The van der Waals surface area contributed by atoms with Crippen molar-refractivity contribution in [3.05, 3.63) is 48.0 Å². The molecular formula is C11H13N3O. The maximum atomic E-state index is 5.03. The van der Waals surface area contributed by atoms with E-state index in [1.165, 1.54) is 10.8 Å². The molecule has 4 nitrogen and oxygen atoms in total. The summed E-state index contributed by atoms with van der Waals surface area (Å²) in [5.74, 6) is 5.00. The summed E-state index contributed by atoms with van der Waals surface area (Å²) in [6.07, 6.45) is 0. The van der Waals surface area contributed by atoms with Gasteiger partial charge in [0.2, 0.25) is 0 Å². The van der Waals surface area contributed by atoms with E-state index >= 15 is 0 Å². The zero-order valence-electron chi connectivity index (χ0n) is 8.23. The summed E-state index contributed by atoms with van der Waals surface area (Å²) < 4.78 is 0. The van der Waals surface area contributed by atoms with Gasteiger partial charge in [-0.3, -0.25) is 10.7 Å². The first kappa shape index (κ1) is 10.1. The summed E-state index contributed by atoms with van der Waals surface area (Å²) in [7, 11) is 0. The molecule has 0 aliphatic heterocycles. The van der Waals surface area contributed by atoms with Gasteiger partial charge in [0.15, 0.2) is 0 Å². The first-order chi connectivity index (χ1) is 7.40. The Balaban J connectivity index is 2.16. The third-order valence-corrected chi connectivity index (χ3v) is 2.18. The van der Waals surface area contributed by atoms with Crippen LogP contribution in [0.5, 0.6) is 0 Å². The molecule has 4 N–H and O–H groups in total. The quantitative estimate of drug-likeness (QED) is 0.397. The number of hydrazine groups is 2. The molecule has 0 saturated carbocycles. The highest BCUT2D eigenvalue weighted by Crippen LogP contribution is 2.15. The van der Waals surface area contributed by atoms with Crippen LogP contribution in [0.1, 0.15) is 5.56 Å². The molecule has 78 valence electrons. The molecule has 0 saturated heterocycles. The number of hydrogen-bond donors (Lipinski definition) is 3. The number of benzene rings is 2. The molecule has 0 bridgehead atoms. The molecule has 2 rings (SSSR count). The fraction of sp³-hybridized carbons (Fsp3) is 0.0909. The van der Waals surface area contributed by atoms with Gasteiger partial charge in [-0.2, -0.15) is 5.53 Å². The van der Waals surface area contributed by atoms with Crippen molar-refractivity contribution >= 4 is 10.8 Å². The van der Waals surface area contributed by atoms with Crippen molar-refractivity contribution in [3.8, 4) is 0 Å². The van der Waals surface area contributed by atoms with Crippen molar-refractivity contribution < 1.29 is 4.84 Å². The standard InChI is InChI=1S/C11H13N3O/c12-13-14-15-8-9-5-6-10-3-1-2-4-11(10)7-9/h1-7,13-14H,8,12H2. The summed E-state index contributed by atoms with van der Waals surface area (Å²) in [5, 5.41) is 2.44. The predicted molar refractivity (Wildman–Crippen MR) is 59.2 cm³/mol. The Bertz CT molecular complexity index is 445. The fourth-order valence-corrected chi connectivity index (χ4v) is 1.49. The number of rotatable bonds is 4. The van der Waals surface area contributed by atoms with Crippen LogP contribution in [0, 0.1) is 0 Å². The summed E-state index contributed by atoms with van der Waals surface area (Å²) >= 11 is 0. The molecule has 0 spiro atoms. The summed E-state index contributed by atoms with van der Waals surface area (Å²) in [6.45, 7) is 0.467. The zero-order chi connectivity index (χ0) is 10.5. The Kier molecular flexibility index (Phi) is 3.26.